The number of halogens is 2. The molecule has 1 atom stereocenters. The van der Waals surface area contributed by atoms with E-state index in [4.69, 9.17) is 6.42 Å². The molecule has 1 unspecified atom stereocenters. The Morgan fingerprint density at radius 3 is 2.88 bits per heavy atom. The van der Waals surface area contributed by atoms with Crippen molar-refractivity contribution < 1.29 is 4.39 Å². The molecule has 0 fully saturated rings. The predicted molar refractivity (Wildman–Crippen MR) is 68.6 cm³/mol. The molecule has 1 nitrogen and oxygen atoms in total. The summed E-state index contributed by atoms with van der Waals surface area (Å²) in [5.41, 5.74) is 0.942. The Morgan fingerprint density at radius 2 is 2.31 bits per heavy atom. The SMILES string of the molecule is C#CCCC(NCC)c1ccc(Br)c(F)c1. The van der Waals surface area contributed by atoms with Crippen LogP contribution in [0.4, 0.5) is 4.39 Å². The fraction of sp³-hybridized carbons (Fsp3) is 0.385. The molecule has 0 aromatic heterocycles. The van der Waals surface area contributed by atoms with Gasteiger partial charge in [0, 0.05) is 12.5 Å². The van der Waals surface area contributed by atoms with Crippen molar-refractivity contribution in [2.24, 2.45) is 0 Å². The van der Waals surface area contributed by atoms with E-state index in [1.54, 1.807) is 12.1 Å². The largest absolute Gasteiger partial charge is 0.310 e. The maximum atomic E-state index is 13.4. The third kappa shape index (κ3) is 3.62. The highest BCUT2D eigenvalue weighted by Crippen LogP contribution is 2.23. The molecule has 0 saturated heterocycles. The number of terminal acetylenes is 1. The van der Waals surface area contributed by atoms with E-state index >= 15 is 0 Å². The molecule has 1 aromatic carbocycles. The van der Waals surface area contributed by atoms with Gasteiger partial charge in [-0.15, -0.1) is 12.3 Å². The van der Waals surface area contributed by atoms with Gasteiger partial charge >= 0.3 is 0 Å². The van der Waals surface area contributed by atoms with Crippen LogP contribution < -0.4 is 5.32 Å². The average Bonchev–Trinajstić information content (AvgIpc) is 2.28. The van der Waals surface area contributed by atoms with Crippen molar-refractivity contribution in [3.63, 3.8) is 0 Å². The molecule has 0 aliphatic rings. The minimum absolute atomic E-state index is 0.128. The standard InChI is InChI=1S/C13H15BrFN/c1-3-5-6-13(16-4-2)10-7-8-11(14)12(15)9-10/h1,7-9,13,16H,4-6H2,2H3. The van der Waals surface area contributed by atoms with Gasteiger partial charge < -0.3 is 5.32 Å². The van der Waals surface area contributed by atoms with Crippen molar-refractivity contribution in [1.29, 1.82) is 0 Å². The first kappa shape index (κ1) is 13.2. The Balaban J connectivity index is 2.83. The Kier molecular flexibility index (Phi) is 5.51. The summed E-state index contributed by atoms with van der Waals surface area (Å²) in [4.78, 5) is 0. The first-order valence-electron chi connectivity index (χ1n) is 5.30. The van der Waals surface area contributed by atoms with Crippen LogP contribution in [-0.4, -0.2) is 6.54 Å². The Bertz CT molecular complexity index is 384. The third-order valence-electron chi connectivity index (χ3n) is 2.37. The minimum atomic E-state index is -0.235. The van der Waals surface area contributed by atoms with E-state index < -0.39 is 0 Å². The molecule has 0 heterocycles. The lowest BCUT2D eigenvalue weighted by Crippen LogP contribution is -2.20. The number of benzene rings is 1. The van der Waals surface area contributed by atoms with Gasteiger partial charge in [-0.2, -0.15) is 0 Å². The second kappa shape index (κ2) is 6.67. The van der Waals surface area contributed by atoms with E-state index in [2.05, 4.69) is 27.2 Å². The molecule has 1 N–H and O–H groups in total. The molecule has 0 amide bonds. The van der Waals surface area contributed by atoms with Crippen molar-refractivity contribution in [3.05, 3.63) is 34.1 Å². The van der Waals surface area contributed by atoms with Crippen molar-refractivity contribution >= 4 is 15.9 Å². The van der Waals surface area contributed by atoms with Crippen molar-refractivity contribution in [3.8, 4) is 12.3 Å². The zero-order chi connectivity index (χ0) is 12.0. The highest BCUT2D eigenvalue weighted by Gasteiger charge is 2.11. The van der Waals surface area contributed by atoms with Gasteiger partial charge in [0.1, 0.15) is 5.82 Å². The summed E-state index contributed by atoms with van der Waals surface area (Å²) < 4.78 is 13.9. The molecular formula is C13H15BrFN. The quantitative estimate of drug-likeness (QED) is 0.814. The van der Waals surface area contributed by atoms with Crippen LogP contribution in [-0.2, 0) is 0 Å². The maximum absolute atomic E-state index is 13.4. The number of hydrogen-bond acceptors (Lipinski definition) is 1. The van der Waals surface area contributed by atoms with E-state index in [1.807, 2.05) is 13.0 Å². The normalized spacial score (nSPS) is 12.1. The first-order valence-corrected chi connectivity index (χ1v) is 6.10. The van der Waals surface area contributed by atoms with Crippen LogP contribution in [0.1, 0.15) is 31.4 Å². The molecule has 0 aliphatic heterocycles. The summed E-state index contributed by atoms with van der Waals surface area (Å²) in [6, 6.07) is 5.32. The molecule has 0 aliphatic carbocycles. The van der Waals surface area contributed by atoms with Crippen LogP contribution in [0.5, 0.6) is 0 Å². The van der Waals surface area contributed by atoms with E-state index in [9.17, 15) is 4.39 Å². The molecule has 16 heavy (non-hydrogen) atoms. The zero-order valence-corrected chi connectivity index (χ0v) is 10.8. The highest BCUT2D eigenvalue weighted by atomic mass is 79.9. The smallest absolute Gasteiger partial charge is 0.137 e. The third-order valence-corrected chi connectivity index (χ3v) is 3.02. The van der Waals surface area contributed by atoms with E-state index in [0.29, 0.717) is 10.9 Å². The predicted octanol–water partition coefficient (Wildman–Crippen LogP) is 3.65. The van der Waals surface area contributed by atoms with Crippen LogP contribution in [0.3, 0.4) is 0 Å². The van der Waals surface area contributed by atoms with Crippen LogP contribution in [0.2, 0.25) is 0 Å². The summed E-state index contributed by atoms with van der Waals surface area (Å²) in [5, 5.41) is 3.30. The summed E-state index contributed by atoms with van der Waals surface area (Å²) in [6.45, 7) is 2.87. The van der Waals surface area contributed by atoms with Gasteiger partial charge in [-0.25, -0.2) is 4.39 Å². The van der Waals surface area contributed by atoms with E-state index in [0.717, 1.165) is 18.5 Å². The monoisotopic (exact) mass is 283 g/mol. The summed E-state index contributed by atoms with van der Waals surface area (Å²) >= 11 is 3.14. The van der Waals surface area contributed by atoms with Gasteiger partial charge in [-0.3, -0.25) is 0 Å². The molecule has 86 valence electrons. The van der Waals surface area contributed by atoms with Crippen LogP contribution >= 0.6 is 15.9 Å². The van der Waals surface area contributed by atoms with Crippen molar-refractivity contribution in [1.82, 2.24) is 5.32 Å². The molecule has 1 rings (SSSR count). The van der Waals surface area contributed by atoms with Gasteiger partial charge in [-0.05, 0) is 46.6 Å². The Morgan fingerprint density at radius 1 is 1.56 bits per heavy atom. The molecule has 0 saturated carbocycles. The van der Waals surface area contributed by atoms with Crippen LogP contribution in [0.25, 0.3) is 0 Å². The molecule has 0 spiro atoms. The number of rotatable bonds is 5. The number of nitrogens with one attached hydrogen (secondary N) is 1. The van der Waals surface area contributed by atoms with Gasteiger partial charge in [0.05, 0.1) is 4.47 Å². The molecule has 1 aromatic rings. The maximum Gasteiger partial charge on any atom is 0.137 e. The Hall–Kier alpha value is -0.850. The topological polar surface area (TPSA) is 12.0 Å². The van der Waals surface area contributed by atoms with Crippen molar-refractivity contribution in [2.75, 3.05) is 6.54 Å². The number of hydrogen-bond donors (Lipinski definition) is 1. The second-order valence-electron chi connectivity index (χ2n) is 3.53. The fourth-order valence-corrected chi connectivity index (χ4v) is 1.84. The van der Waals surface area contributed by atoms with Gasteiger partial charge in [-0.1, -0.05) is 13.0 Å². The van der Waals surface area contributed by atoms with Gasteiger partial charge in [0.2, 0.25) is 0 Å². The summed E-state index contributed by atoms with van der Waals surface area (Å²) in [5.74, 6) is 2.37. The summed E-state index contributed by atoms with van der Waals surface area (Å²) in [7, 11) is 0. The molecule has 0 radical (unpaired) electrons. The van der Waals surface area contributed by atoms with E-state index in [1.165, 1.54) is 0 Å². The lowest BCUT2D eigenvalue weighted by molar-refractivity contribution is 0.517. The second-order valence-corrected chi connectivity index (χ2v) is 4.38. The highest BCUT2D eigenvalue weighted by molar-refractivity contribution is 9.10. The lowest BCUT2D eigenvalue weighted by Gasteiger charge is -2.17. The van der Waals surface area contributed by atoms with Crippen LogP contribution in [0, 0.1) is 18.2 Å². The van der Waals surface area contributed by atoms with Gasteiger partial charge in [0.15, 0.2) is 0 Å². The van der Waals surface area contributed by atoms with Gasteiger partial charge in [0.25, 0.3) is 0 Å². The molecular weight excluding hydrogens is 269 g/mol. The first-order chi connectivity index (χ1) is 7.69. The Labute approximate surface area is 105 Å². The zero-order valence-electron chi connectivity index (χ0n) is 9.26. The average molecular weight is 284 g/mol. The molecule has 3 heteroatoms. The van der Waals surface area contributed by atoms with Crippen molar-refractivity contribution in [2.45, 2.75) is 25.8 Å². The van der Waals surface area contributed by atoms with E-state index in [-0.39, 0.29) is 11.9 Å². The minimum Gasteiger partial charge on any atom is -0.310 e. The van der Waals surface area contributed by atoms with Crippen LogP contribution in [0.15, 0.2) is 22.7 Å². The fourth-order valence-electron chi connectivity index (χ4n) is 1.59. The molecule has 0 bridgehead atoms. The lowest BCUT2D eigenvalue weighted by atomic mass is 10.0. The summed E-state index contributed by atoms with van der Waals surface area (Å²) in [6.07, 6.45) is 6.76.